The number of nitrogens with zero attached hydrogens (tertiary/aromatic N) is 2. The van der Waals surface area contributed by atoms with E-state index in [0.717, 1.165) is 0 Å². The van der Waals surface area contributed by atoms with Gasteiger partial charge in [-0.15, -0.1) is 0 Å². The van der Waals surface area contributed by atoms with Crippen molar-refractivity contribution in [2.24, 2.45) is 5.16 Å². The first-order chi connectivity index (χ1) is 7.15. The summed E-state index contributed by atoms with van der Waals surface area (Å²) in [6.45, 7) is 0. The number of hydrogen-bond donors (Lipinski definition) is 3. The second-order valence-corrected chi connectivity index (χ2v) is 2.42. The number of oxime groups is 1. The molecule has 1 aromatic rings. The summed E-state index contributed by atoms with van der Waals surface area (Å²) in [5.74, 6) is -3.15. The van der Waals surface area contributed by atoms with Crippen LogP contribution < -0.4 is 5.32 Å². The van der Waals surface area contributed by atoms with Crippen LogP contribution in [0.15, 0.2) is 29.6 Å². The van der Waals surface area contributed by atoms with Crippen LogP contribution in [0.3, 0.4) is 0 Å². The van der Waals surface area contributed by atoms with Crippen molar-refractivity contribution in [1.82, 2.24) is 10.3 Å². The van der Waals surface area contributed by atoms with Crippen molar-refractivity contribution >= 4 is 17.7 Å². The second kappa shape index (κ2) is 4.70. The van der Waals surface area contributed by atoms with Crippen molar-refractivity contribution in [3.8, 4) is 0 Å². The third-order valence-corrected chi connectivity index (χ3v) is 1.43. The van der Waals surface area contributed by atoms with Gasteiger partial charge >= 0.3 is 5.97 Å². The van der Waals surface area contributed by atoms with E-state index in [9.17, 15) is 9.59 Å². The van der Waals surface area contributed by atoms with Gasteiger partial charge in [-0.1, -0.05) is 11.2 Å². The predicted molar refractivity (Wildman–Crippen MR) is 48.6 cm³/mol. The maximum Gasteiger partial charge on any atom is 0.375 e. The summed E-state index contributed by atoms with van der Waals surface area (Å²) in [7, 11) is 0. The lowest BCUT2D eigenvalue weighted by Gasteiger charge is -2.01. The Bertz CT molecular complexity index is 402. The second-order valence-electron chi connectivity index (χ2n) is 2.42. The van der Waals surface area contributed by atoms with Crippen molar-refractivity contribution < 1.29 is 19.9 Å². The van der Waals surface area contributed by atoms with Gasteiger partial charge < -0.3 is 10.3 Å². The molecule has 1 amide bonds. The highest BCUT2D eigenvalue weighted by atomic mass is 16.4. The van der Waals surface area contributed by atoms with Crippen LogP contribution in [0.2, 0.25) is 0 Å². The fraction of sp³-hybridized carbons (Fsp3) is 0. The van der Waals surface area contributed by atoms with E-state index in [4.69, 9.17) is 10.3 Å². The van der Waals surface area contributed by atoms with E-state index in [2.05, 4.69) is 10.1 Å². The Balaban J connectivity index is 2.77. The molecule has 0 fully saturated rings. The number of pyridine rings is 1. The van der Waals surface area contributed by atoms with E-state index in [-0.39, 0.29) is 5.69 Å². The molecule has 0 bridgehead atoms. The molecule has 0 unspecified atom stereocenters. The highest BCUT2D eigenvalue weighted by molar-refractivity contribution is 6.37. The predicted octanol–water partition coefficient (Wildman–Crippen LogP) is -0.316. The SMILES string of the molecule is O=C(O)C(=NO)NC(=O)c1ccccn1. The molecule has 7 nitrogen and oxygen atoms in total. The molecule has 1 rings (SSSR count). The molecule has 0 aliphatic rings. The Labute approximate surface area is 84.1 Å². The molecular weight excluding hydrogens is 202 g/mol. The van der Waals surface area contributed by atoms with Crippen LogP contribution in [-0.2, 0) is 4.79 Å². The number of hydrogen-bond acceptors (Lipinski definition) is 5. The summed E-state index contributed by atoms with van der Waals surface area (Å²) in [6, 6.07) is 4.57. The zero-order chi connectivity index (χ0) is 11.3. The third-order valence-electron chi connectivity index (χ3n) is 1.43. The minimum absolute atomic E-state index is 0.0277. The number of nitrogens with one attached hydrogen (secondary N) is 1. The maximum atomic E-state index is 11.3. The summed E-state index contributed by atoms with van der Waals surface area (Å²) in [6.07, 6.45) is 1.38. The van der Waals surface area contributed by atoms with Crippen molar-refractivity contribution in [2.75, 3.05) is 0 Å². The van der Waals surface area contributed by atoms with Gasteiger partial charge in [-0.3, -0.25) is 15.1 Å². The molecule has 0 spiro atoms. The number of amides is 1. The van der Waals surface area contributed by atoms with Gasteiger partial charge in [-0.25, -0.2) is 4.79 Å². The van der Waals surface area contributed by atoms with Crippen molar-refractivity contribution in [3.63, 3.8) is 0 Å². The lowest BCUT2D eigenvalue weighted by Crippen LogP contribution is -2.36. The fourth-order valence-electron chi connectivity index (χ4n) is 0.790. The zero-order valence-corrected chi connectivity index (χ0v) is 7.41. The number of amidine groups is 1. The van der Waals surface area contributed by atoms with E-state index in [1.54, 1.807) is 12.1 Å². The summed E-state index contributed by atoms with van der Waals surface area (Å²) >= 11 is 0. The van der Waals surface area contributed by atoms with Gasteiger partial charge in [0.15, 0.2) is 0 Å². The van der Waals surface area contributed by atoms with Crippen LogP contribution in [0.5, 0.6) is 0 Å². The number of carbonyl (C=O) groups excluding carboxylic acids is 1. The van der Waals surface area contributed by atoms with Crippen LogP contribution in [0, 0.1) is 0 Å². The third kappa shape index (κ3) is 2.76. The molecule has 0 atom stereocenters. The van der Waals surface area contributed by atoms with Gasteiger partial charge in [0.1, 0.15) is 5.69 Å². The molecule has 0 aliphatic carbocycles. The molecule has 0 saturated carbocycles. The van der Waals surface area contributed by atoms with Gasteiger partial charge in [-0.05, 0) is 12.1 Å². The molecule has 3 N–H and O–H groups in total. The molecule has 0 aliphatic heterocycles. The molecule has 7 heteroatoms. The summed E-state index contributed by atoms with van der Waals surface area (Å²) < 4.78 is 0. The monoisotopic (exact) mass is 209 g/mol. The first-order valence-corrected chi connectivity index (χ1v) is 3.83. The van der Waals surface area contributed by atoms with Crippen LogP contribution in [0.1, 0.15) is 10.5 Å². The Kier molecular flexibility index (Phi) is 3.33. The molecule has 0 saturated heterocycles. The lowest BCUT2D eigenvalue weighted by molar-refractivity contribution is -0.129. The van der Waals surface area contributed by atoms with Gasteiger partial charge in [-0.2, -0.15) is 0 Å². The van der Waals surface area contributed by atoms with Gasteiger partial charge in [0.05, 0.1) is 0 Å². The summed E-state index contributed by atoms with van der Waals surface area (Å²) in [5.41, 5.74) is 0.0277. The molecule has 15 heavy (non-hydrogen) atoms. The Morgan fingerprint density at radius 3 is 2.60 bits per heavy atom. The minimum Gasteiger partial charge on any atom is -0.475 e. The first kappa shape index (κ1) is 10.6. The highest BCUT2D eigenvalue weighted by Crippen LogP contribution is 1.92. The van der Waals surface area contributed by atoms with E-state index in [1.807, 2.05) is 5.32 Å². The van der Waals surface area contributed by atoms with E-state index in [0.29, 0.717) is 0 Å². The zero-order valence-electron chi connectivity index (χ0n) is 7.41. The summed E-state index contributed by atoms with van der Waals surface area (Å²) in [4.78, 5) is 25.3. The summed E-state index contributed by atoms with van der Waals surface area (Å²) in [5, 5.41) is 21.0. The standard InChI is InChI=1S/C8H7N3O4/c12-7(5-3-1-2-4-9-5)10-6(11-15)8(13)14/h1-4,15H,(H,13,14)(H,10,11,12). The van der Waals surface area contributed by atoms with Crippen LogP contribution in [-0.4, -0.2) is 33.0 Å². The van der Waals surface area contributed by atoms with E-state index in [1.165, 1.54) is 12.3 Å². The van der Waals surface area contributed by atoms with Gasteiger partial charge in [0.25, 0.3) is 11.7 Å². The van der Waals surface area contributed by atoms with Crippen molar-refractivity contribution in [1.29, 1.82) is 0 Å². The Morgan fingerprint density at radius 1 is 1.40 bits per heavy atom. The first-order valence-electron chi connectivity index (χ1n) is 3.83. The number of carbonyl (C=O) groups is 2. The van der Waals surface area contributed by atoms with Crippen LogP contribution >= 0.6 is 0 Å². The number of carboxylic acid groups (broad SMARTS) is 1. The Hall–Kier alpha value is -2.44. The van der Waals surface area contributed by atoms with Crippen LogP contribution in [0.4, 0.5) is 0 Å². The fourth-order valence-corrected chi connectivity index (χ4v) is 0.790. The molecule has 1 aromatic heterocycles. The Morgan fingerprint density at radius 2 is 2.13 bits per heavy atom. The molecule has 0 radical (unpaired) electrons. The van der Waals surface area contributed by atoms with Gasteiger partial charge in [0, 0.05) is 6.20 Å². The molecule has 0 aromatic carbocycles. The van der Waals surface area contributed by atoms with Crippen molar-refractivity contribution in [3.05, 3.63) is 30.1 Å². The maximum absolute atomic E-state index is 11.3. The van der Waals surface area contributed by atoms with E-state index >= 15 is 0 Å². The lowest BCUT2D eigenvalue weighted by atomic mass is 10.3. The number of rotatable bonds is 1. The quantitative estimate of drug-likeness (QED) is 0.254. The molecule has 1 heterocycles. The van der Waals surface area contributed by atoms with Crippen LogP contribution in [0.25, 0.3) is 0 Å². The smallest absolute Gasteiger partial charge is 0.375 e. The largest absolute Gasteiger partial charge is 0.475 e. The average molecular weight is 209 g/mol. The number of aliphatic carboxylic acids is 1. The molecule has 78 valence electrons. The van der Waals surface area contributed by atoms with E-state index < -0.39 is 17.7 Å². The topological polar surface area (TPSA) is 112 Å². The molecular formula is C8H7N3O4. The number of aromatic nitrogens is 1. The highest BCUT2D eigenvalue weighted by Gasteiger charge is 2.15. The van der Waals surface area contributed by atoms with Gasteiger partial charge in [0.2, 0.25) is 0 Å². The minimum atomic E-state index is -1.54. The normalized spacial score (nSPS) is 10.8. The number of carboxylic acids is 1. The van der Waals surface area contributed by atoms with Crippen molar-refractivity contribution in [2.45, 2.75) is 0 Å². The average Bonchev–Trinajstić information content (AvgIpc) is 2.26.